The van der Waals surface area contributed by atoms with Crippen LogP contribution in [0.4, 0.5) is 18.9 Å². The highest BCUT2D eigenvalue weighted by Gasteiger charge is 2.10. The van der Waals surface area contributed by atoms with Gasteiger partial charge in [-0.2, -0.15) is 0 Å². The fraction of sp³-hybridized carbons (Fsp3) is 0.500. The number of hydrogen-bond acceptors (Lipinski definition) is 2. The molecule has 0 saturated carbocycles. The molecule has 5 heteroatoms. The van der Waals surface area contributed by atoms with E-state index in [1.54, 1.807) is 0 Å². The summed E-state index contributed by atoms with van der Waals surface area (Å²) in [6, 6.07) is 1.88. The molecule has 0 fully saturated rings. The zero-order chi connectivity index (χ0) is 13.1. The molecule has 0 amide bonds. The average molecular weight is 246 g/mol. The molecule has 0 heterocycles. The van der Waals surface area contributed by atoms with Crippen LogP contribution in [0.1, 0.15) is 20.8 Å². The minimum Gasteiger partial charge on any atom is -0.384 e. The molecule has 17 heavy (non-hydrogen) atoms. The molecule has 0 radical (unpaired) electrons. The van der Waals surface area contributed by atoms with E-state index in [1.807, 2.05) is 20.8 Å². The summed E-state index contributed by atoms with van der Waals surface area (Å²) in [6.07, 6.45) is 0. The third-order valence-corrected chi connectivity index (χ3v) is 2.09. The van der Waals surface area contributed by atoms with Crippen molar-refractivity contribution in [2.24, 2.45) is 0 Å². The average Bonchev–Trinajstić information content (AvgIpc) is 2.19. The highest BCUT2D eigenvalue weighted by atomic mass is 19.2. The third kappa shape index (κ3) is 4.65. The first-order valence-corrected chi connectivity index (χ1v) is 5.43. The minimum absolute atomic E-state index is 0.0129. The van der Waals surface area contributed by atoms with Crippen molar-refractivity contribution in [3.8, 4) is 0 Å². The van der Waals surface area contributed by atoms with Gasteiger partial charge in [0.05, 0.1) is 0 Å². The number of benzene rings is 1. The summed E-state index contributed by atoms with van der Waals surface area (Å²) in [6.45, 7) is 7.20. The van der Waals surface area contributed by atoms with Crippen molar-refractivity contribution in [2.75, 3.05) is 18.4 Å². The molecule has 0 saturated heterocycles. The maximum Gasteiger partial charge on any atom is 0.194 e. The van der Waals surface area contributed by atoms with Gasteiger partial charge in [0, 0.05) is 36.4 Å². The van der Waals surface area contributed by atoms with E-state index in [4.69, 9.17) is 0 Å². The molecule has 0 bridgehead atoms. The van der Waals surface area contributed by atoms with Crippen molar-refractivity contribution in [3.63, 3.8) is 0 Å². The predicted molar refractivity (Wildman–Crippen MR) is 62.6 cm³/mol. The zero-order valence-corrected chi connectivity index (χ0v) is 10.2. The molecular formula is C12H17F3N2. The van der Waals surface area contributed by atoms with Crippen molar-refractivity contribution < 1.29 is 13.2 Å². The first-order valence-electron chi connectivity index (χ1n) is 5.43. The SMILES string of the molecule is CC(C)(C)NCCNc1cc(F)c(F)c(F)c1. The second kappa shape index (κ2) is 5.40. The van der Waals surface area contributed by atoms with E-state index in [-0.39, 0.29) is 11.2 Å². The Bertz CT molecular complexity index is 363. The molecule has 0 aliphatic heterocycles. The van der Waals surface area contributed by atoms with Crippen LogP contribution in [0.15, 0.2) is 12.1 Å². The Morgan fingerprint density at radius 3 is 2.00 bits per heavy atom. The molecule has 0 spiro atoms. The summed E-state index contributed by atoms with van der Waals surface area (Å²) in [4.78, 5) is 0. The molecular weight excluding hydrogens is 229 g/mol. The predicted octanol–water partition coefficient (Wildman–Crippen LogP) is 2.90. The molecule has 96 valence electrons. The van der Waals surface area contributed by atoms with E-state index >= 15 is 0 Å². The van der Waals surface area contributed by atoms with Gasteiger partial charge in [-0.1, -0.05) is 0 Å². The van der Waals surface area contributed by atoms with E-state index in [9.17, 15) is 13.2 Å². The number of rotatable bonds is 4. The van der Waals surface area contributed by atoms with Gasteiger partial charge in [-0.3, -0.25) is 0 Å². The van der Waals surface area contributed by atoms with E-state index < -0.39 is 17.5 Å². The van der Waals surface area contributed by atoms with Gasteiger partial charge in [-0.15, -0.1) is 0 Å². The molecule has 0 unspecified atom stereocenters. The fourth-order valence-electron chi connectivity index (χ4n) is 1.30. The Morgan fingerprint density at radius 1 is 1.00 bits per heavy atom. The van der Waals surface area contributed by atoms with Gasteiger partial charge in [0.2, 0.25) is 0 Å². The summed E-state index contributed by atoms with van der Waals surface area (Å²) in [5.41, 5.74) is 0.221. The van der Waals surface area contributed by atoms with E-state index in [0.29, 0.717) is 13.1 Å². The van der Waals surface area contributed by atoms with E-state index in [1.165, 1.54) is 0 Å². The second-order valence-corrected chi connectivity index (χ2v) is 4.86. The Balaban J connectivity index is 2.48. The van der Waals surface area contributed by atoms with Crippen LogP contribution >= 0.6 is 0 Å². The van der Waals surface area contributed by atoms with Crippen LogP contribution < -0.4 is 10.6 Å². The van der Waals surface area contributed by atoms with Crippen LogP contribution in [0.2, 0.25) is 0 Å². The first kappa shape index (κ1) is 13.8. The Hall–Kier alpha value is -1.23. The normalized spacial score (nSPS) is 11.6. The highest BCUT2D eigenvalue weighted by Crippen LogP contribution is 2.16. The molecule has 1 aromatic carbocycles. The lowest BCUT2D eigenvalue weighted by Gasteiger charge is -2.20. The Kier molecular flexibility index (Phi) is 4.40. The van der Waals surface area contributed by atoms with Crippen molar-refractivity contribution in [3.05, 3.63) is 29.6 Å². The zero-order valence-electron chi connectivity index (χ0n) is 10.2. The van der Waals surface area contributed by atoms with E-state index in [0.717, 1.165) is 12.1 Å². The van der Waals surface area contributed by atoms with Gasteiger partial charge < -0.3 is 10.6 Å². The van der Waals surface area contributed by atoms with Crippen molar-refractivity contribution in [1.29, 1.82) is 0 Å². The van der Waals surface area contributed by atoms with Crippen LogP contribution in [-0.4, -0.2) is 18.6 Å². The quantitative estimate of drug-likeness (QED) is 0.630. The summed E-state index contributed by atoms with van der Waals surface area (Å²) < 4.78 is 38.4. The number of halogens is 3. The number of hydrogen-bond donors (Lipinski definition) is 2. The fourth-order valence-corrected chi connectivity index (χ4v) is 1.30. The molecule has 0 atom stereocenters. The van der Waals surface area contributed by atoms with Crippen molar-refractivity contribution in [2.45, 2.75) is 26.3 Å². The minimum atomic E-state index is -1.44. The molecule has 2 nitrogen and oxygen atoms in total. The lowest BCUT2D eigenvalue weighted by Crippen LogP contribution is -2.38. The summed E-state index contributed by atoms with van der Waals surface area (Å²) in [7, 11) is 0. The van der Waals surface area contributed by atoms with Crippen LogP contribution in [0.5, 0.6) is 0 Å². The monoisotopic (exact) mass is 246 g/mol. The molecule has 0 aliphatic carbocycles. The number of nitrogens with one attached hydrogen (secondary N) is 2. The van der Waals surface area contributed by atoms with Crippen molar-refractivity contribution >= 4 is 5.69 Å². The topological polar surface area (TPSA) is 24.1 Å². The third-order valence-electron chi connectivity index (χ3n) is 2.09. The van der Waals surface area contributed by atoms with Crippen molar-refractivity contribution in [1.82, 2.24) is 5.32 Å². The molecule has 1 aromatic rings. The van der Waals surface area contributed by atoms with Gasteiger partial charge in [0.1, 0.15) is 0 Å². The molecule has 2 N–H and O–H groups in total. The lowest BCUT2D eigenvalue weighted by molar-refractivity contribution is 0.434. The Morgan fingerprint density at radius 2 is 1.53 bits per heavy atom. The van der Waals surface area contributed by atoms with Crippen LogP contribution in [0.3, 0.4) is 0 Å². The smallest absolute Gasteiger partial charge is 0.194 e. The van der Waals surface area contributed by atoms with Crippen LogP contribution in [0.25, 0.3) is 0 Å². The molecule has 0 aromatic heterocycles. The van der Waals surface area contributed by atoms with Gasteiger partial charge in [-0.05, 0) is 20.8 Å². The first-order chi connectivity index (χ1) is 7.79. The lowest BCUT2D eigenvalue weighted by atomic mass is 10.1. The maximum absolute atomic E-state index is 12.9. The summed E-state index contributed by atoms with van der Waals surface area (Å²) in [5.74, 6) is -3.81. The van der Waals surface area contributed by atoms with Gasteiger partial charge in [0.15, 0.2) is 17.5 Å². The second-order valence-electron chi connectivity index (χ2n) is 4.86. The standard InChI is InChI=1S/C12H17F3N2/c1-12(2,3)17-5-4-16-8-6-9(13)11(15)10(14)7-8/h6-7,16-17H,4-5H2,1-3H3. The molecule has 0 aliphatic rings. The number of anilines is 1. The Labute approximate surface area is 99.2 Å². The van der Waals surface area contributed by atoms with Gasteiger partial charge >= 0.3 is 0 Å². The highest BCUT2D eigenvalue weighted by molar-refractivity contribution is 5.44. The summed E-state index contributed by atoms with van der Waals surface area (Å²) in [5, 5.41) is 6.03. The maximum atomic E-state index is 12.9. The largest absolute Gasteiger partial charge is 0.384 e. The van der Waals surface area contributed by atoms with E-state index in [2.05, 4.69) is 10.6 Å². The van der Waals surface area contributed by atoms with Gasteiger partial charge in [0.25, 0.3) is 0 Å². The van der Waals surface area contributed by atoms with Crippen LogP contribution in [-0.2, 0) is 0 Å². The summed E-state index contributed by atoms with van der Waals surface area (Å²) >= 11 is 0. The van der Waals surface area contributed by atoms with Crippen LogP contribution in [0, 0.1) is 17.5 Å². The molecule has 1 rings (SSSR count). The van der Waals surface area contributed by atoms with Gasteiger partial charge in [-0.25, -0.2) is 13.2 Å².